The molecule has 2 aromatic carbocycles. The number of carbonyl (C=O) groups is 1. The van der Waals surface area contributed by atoms with Crippen molar-refractivity contribution in [2.24, 2.45) is 0 Å². The highest BCUT2D eigenvalue weighted by Crippen LogP contribution is 2.32. The number of nitrogens with zero attached hydrogens (tertiary/aromatic N) is 2. The smallest absolute Gasteiger partial charge is 0.257 e. The van der Waals surface area contributed by atoms with E-state index in [4.69, 9.17) is 11.6 Å². The maximum Gasteiger partial charge on any atom is 0.257 e. The number of anilines is 2. The van der Waals surface area contributed by atoms with E-state index in [2.05, 4.69) is 10.3 Å². The quantitative estimate of drug-likeness (QED) is 0.527. The van der Waals surface area contributed by atoms with Gasteiger partial charge in [-0.05, 0) is 55.5 Å². The molecule has 0 aliphatic carbocycles. The lowest BCUT2D eigenvalue weighted by molar-refractivity contribution is 0.0713. The summed E-state index contributed by atoms with van der Waals surface area (Å²) in [6.07, 6.45) is 3.24. The molecule has 1 N–H and O–H groups in total. The van der Waals surface area contributed by atoms with Crippen LogP contribution in [0.3, 0.4) is 0 Å². The molecule has 0 spiro atoms. The monoisotopic (exact) mass is 423 g/mol. The number of hydrogen-bond acceptors (Lipinski definition) is 3. The number of hydrogen-bond donors (Lipinski definition) is 1. The Labute approximate surface area is 180 Å². The maximum atomic E-state index is 13.3. The summed E-state index contributed by atoms with van der Waals surface area (Å²) < 4.78 is 13.2. The second kappa shape index (κ2) is 8.84. The predicted molar refractivity (Wildman–Crippen MR) is 118 cm³/mol. The van der Waals surface area contributed by atoms with Crippen molar-refractivity contribution in [3.8, 4) is 0 Å². The Balaban J connectivity index is 1.52. The average Bonchev–Trinajstić information content (AvgIpc) is 2.78. The van der Waals surface area contributed by atoms with E-state index in [0.29, 0.717) is 35.4 Å². The number of carbonyl (C=O) groups excluding carboxylic acids is 1. The number of rotatable bonds is 4. The second-order valence-electron chi connectivity index (χ2n) is 7.57. The Kier molecular flexibility index (Phi) is 6.00. The third-order valence-corrected chi connectivity index (χ3v) is 6.04. The Hall–Kier alpha value is -2.92. The molecule has 2 heterocycles. The minimum atomic E-state index is -0.226. The fraction of sp³-hybridized carbons (Fsp3) is 0.250. The summed E-state index contributed by atoms with van der Waals surface area (Å²) in [5.41, 5.74) is 3.95. The molecule has 0 saturated carbocycles. The maximum absolute atomic E-state index is 13.3. The number of halogens is 2. The summed E-state index contributed by atoms with van der Waals surface area (Å²) in [5.74, 6) is 0.0512. The number of benzene rings is 2. The van der Waals surface area contributed by atoms with Gasteiger partial charge in [-0.25, -0.2) is 9.37 Å². The van der Waals surface area contributed by atoms with Crippen molar-refractivity contribution in [1.82, 2.24) is 9.88 Å². The van der Waals surface area contributed by atoms with Gasteiger partial charge in [-0.3, -0.25) is 4.79 Å². The van der Waals surface area contributed by atoms with Crippen LogP contribution in [0.15, 0.2) is 60.8 Å². The average molecular weight is 424 g/mol. The third-order valence-electron chi connectivity index (χ3n) is 5.66. The molecule has 1 aliphatic heterocycles. The lowest BCUT2D eigenvalue weighted by Crippen LogP contribution is -2.38. The molecule has 3 aromatic rings. The first-order chi connectivity index (χ1) is 14.5. The highest BCUT2D eigenvalue weighted by atomic mass is 35.5. The van der Waals surface area contributed by atoms with E-state index in [1.54, 1.807) is 6.20 Å². The second-order valence-corrected chi connectivity index (χ2v) is 7.93. The number of nitrogens with one attached hydrogen (secondary N) is 1. The van der Waals surface area contributed by atoms with Crippen LogP contribution in [-0.2, 0) is 0 Å². The molecule has 0 bridgehead atoms. The molecule has 154 valence electrons. The SMILES string of the molecule is Cc1c(Cl)ncc(C(=O)N2CCC(c3ccc(F)cc3)CC2)c1Nc1ccccc1. The minimum Gasteiger partial charge on any atom is -0.355 e. The largest absolute Gasteiger partial charge is 0.355 e. The summed E-state index contributed by atoms with van der Waals surface area (Å²) >= 11 is 6.24. The van der Waals surface area contributed by atoms with E-state index in [9.17, 15) is 9.18 Å². The van der Waals surface area contributed by atoms with Crippen LogP contribution in [0.4, 0.5) is 15.8 Å². The molecule has 4 nitrogen and oxygen atoms in total. The van der Waals surface area contributed by atoms with E-state index < -0.39 is 0 Å². The standard InChI is InChI=1S/C24H23ClFN3O/c1-16-22(28-20-5-3-2-4-6-20)21(15-27-23(16)25)24(30)29-13-11-18(12-14-29)17-7-9-19(26)10-8-17/h2-10,15,18H,11-14H2,1H3,(H,27,28). The van der Waals surface area contributed by atoms with Gasteiger partial charge in [-0.2, -0.15) is 0 Å². The number of likely N-dealkylation sites (tertiary alicyclic amines) is 1. The first kappa shape index (κ1) is 20.4. The van der Waals surface area contributed by atoms with Gasteiger partial charge in [-0.1, -0.05) is 41.9 Å². The van der Waals surface area contributed by atoms with Gasteiger partial charge in [0.05, 0.1) is 11.3 Å². The number of para-hydroxylation sites is 1. The molecule has 0 radical (unpaired) electrons. The molecule has 0 atom stereocenters. The number of piperidine rings is 1. The zero-order valence-corrected chi connectivity index (χ0v) is 17.5. The Morgan fingerprint density at radius 3 is 2.43 bits per heavy atom. The molecular weight excluding hydrogens is 401 g/mol. The topological polar surface area (TPSA) is 45.2 Å². The van der Waals surface area contributed by atoms with Gasteiger partial charge in [0.1, 0.15) is 11.0 Å². The Morgan fingerprint density at radius 1 is 1.10 bits per heavy atom. The highest BCUT2D eigenvalue weighted by Gasteiger charge is 2.27. The molecule has 4 rings (SSSR count). The number of pyridine rings is 1. The van der Waals surface area contributed by atoms with Gasteiger partial charge < -0.3 is 10.2 Å². The molecule has 1 aliphatic rings. The predicted octanol–water partition coefficient (Wildman–Crippen LogP) is 5.95. The fourth-order valence-corrected chi connectivity index (χ4v) is 4.04. The minimum absolute atomic E-state index is 0.0572. The van der Waals surface area contributed by atoms with Gasteiger partial charge in [0, 0.05) is 30.5 Å². The van der Waals surface area contributed by atoms with Crippen molar-refractivity contribution in [2.45, 2.75) is 25.7 Å². The van der Waals surface area contributed by atoms with Crippen LogP contribution in [0.25, 0.3) is 0 Å². The molecule has 1 fully saturated rings. The number of aromatic nitrogens is 1. The van der Waals surface area contributed by atoms with Gasteiger partial charge in [0.25, 0.3) is 5.91 Å². The van der Waals surface area contributed by atoms with Crippen molar-refractivity contribution in [3.63, 3.8) is 0 Å². The summed E-state index contributed by atoms with van der Waals surface area (Å²) in [5, 5.41) is 3.71. The van der Waals surface area contributed by atoms with Crippen LogP contribution in [0.2, 0.25) is 5.15 Å². The molecule has 0 unspecified atom stereocenters. The first-order valence-electron chi connectivity index (χ1n) is 10.0. The van der Waals surface area contributed by atoms with E-state index in [-0.39, 0.29) is 11.7 Å². The summed E-state index contributed by atoms with van der Waals surface area (Å²) in [4.78, 5) is 19.4. The van der Waals surface area contributed by atoms with Crippen LogP contribution in [0.1, 0.15) is 40.2 Å². The summed E-state index contributed by atoms with van der Waals surface area (Å²) in [6.45, 7) is 3.15. The van der Waals surface area contributed by atoms with E-state index in [0.717, 1.165) is 29.7 Å². The first-order valence-corrected chi connectivity index (χ1v) is 10.4. The van der Waals surface area contributed by atoms with Crippen molar-refractivity contribution in [1.29, 1.82) is 0 Å². The van der Waals surface area contributed by atoms with Gasteiger partial charge in [0.15, 0.2) is 0 Å². The molecule has 1 saturated heterocycles. The Bertz CT molecular complexity index is 1030. The van der Waals surface area contributed by atoms with Crippen LogP contribution in [0, 0.1) is 12.7 Å². The fourth-order valence-electron chi connectivity index (χ4n) is 3.90. The lowest BCUT2D eigenvalue weighted by atomic mass is 9.89. The Morgan fingerprint density at radius 2 is 1.77 bits per heavy atom. The summed E-state index contributed by atoms with van der Waals surface area (Å²) in [6, 6.07) is 16.4. The van der Waals surface area contributed by atoms with Gasteiger partial charge in [0.2, 0.25) is 0 Å². The van der Waals surface area contributed by atoms with Crippen LogP contribution in [0.5, 0.6) is 0 Å². The third kappa shape index (κ3) is 4.31. The molecular formula is C24H23ClFN3O. The zero-order valence-electron chi connectivity index (χ0n) is 16.7. The molecule has 6 heteroatoms. The van der Waals surface area contributed by atoms with Crippen LogP contribution in [-0.4, -0.2) is 28.9 Å². The zero-order chi connectivity index (χ0) is 21.1. The van der Waals surface area contributed by atoms with Crippen molar-refractivity contribution >= 4 is 28.9 Å². The lowest BCUT2D eigenvalue weighted by Gasteiger charge is -2.33. The highest BCUT2D eigenvalue weighted by molar-refractivity contribution is 6.30. The van der Waals surface area contributed by atoms with Crippen molar-refractivity contribution < 1.29 is 9.18 Å². The van der Waals surface area contributed by atoms with Gasteiger partial charge in [-0.15, -0.1) is 0 Å². The van der Waals surface area contributed by atoms with Gasteiger partial charge >= 0.3 is 0 Å². The molecule has 1 aromatic heterocycles. The van der Waals surface area contributed by atoms with Crippen molar-refractivity contribution in [3.05, 3.63) is 88.5 Å². The molecule has 1 amide bonds. The number of amides is 1. The van der Waals surface area contributed by atoms with E-state index >= 15 is 0 Å². The van der Waals surface area contributed by atoms with Crippen molar-refractivity contribution in [2.75, 3.05) is 18.4 Å². The van der Waals surface area contributed by atoms with E-state index in [1.807, 2.05) is 54.3 Å². The normalized spacial score (nSPS) is 14.6. The summed E-state index contributed by atoms with van der Waals surface area (Å²) in [7, 11) is 0. The van der Waals surface area contributed by atoms with Crippen LogP contribution < -0.4 is 5.32 Å². The molecule has 30 heavy (non-hydrogen) atoms. The van der Waals surface area contributed by atoms with E-state index in [1.165, 1.54) is 12.1 Å². The van der Waals surface area contributed by atoms with Crippen LogP contribution >= 0.6 is 11.6 Å².